The SMILES string of the molecule is CCOC(=O)C1=C(c2ccccc2)NC(=S)NC1c1cccs1. The van der Waals surface area contributed by atoms with E-state index in [9.17, 15) is 4.79 Å². The van der Waals surface area contributed by atoms with E-state index in [1.54, 1.807) is 18.3 Å². The number of carbonyl (C=O) groups excluding carboxylic acids is 1. The van der Waals surface area contributed by atoms with Crippen molar-refractivity contribution in [3.05, 3.63) is 63.9 Å². The lowest BCUT2D eigenvalue weighted by Crippen LogP contribution is -2.45. The van der Waals surface area contributed by atoms with Crippen molar-refractivity contribution < 1.29 is 9.53 Å². The van der Waals surface area contributed by atoms with Crippen LogP contribution in [-0.4, -0.2) is 17.7 Å². The van der Waals surface area contributed by atoms with E-state index in [4.69, 9.17) is 17.0 Å². The van der Waals surface area contributed by atoms with Crippen LogP contribution in [0.15, 0.2) is 53.4 Å². The minimum atomic E-state index is -0.341. The van der Waals surface area contributed by atoms with Crippen LogP contribution >= 0.6 is 23.6 Å². The van der Waals surface area contributed by atoms with E-state index in [1.807, 2.05) is 47.8 Å². The fourth-order valence-electron chi connectivity index (χ4n) is 2.49. The molecule has 1 aromatic heterocycles. The first-order chi connectivity index (χ1) is 11.2. The number of thiocarbonyl (C=S) groups is 1. The molecular formula is C17H16N2O2S2. The third-order valence-corrected chi connectivity index (χ3v) is 4.61. The maximum absolute atomic E-state index is 12.6. The summed E-state index contributed by atoms with van der Waals surface area (Å²) < 4.78 is 5.28. The van der Waals surface area contributed by atoms with E-state index in [2.05, 4.69) is 10.6 Å². The van der Waals surface area contributed by atoms with Gasteiger partial charge in [-0.2, -0.15) is 0 Å². The van der Waals surface area contributed by atoms with Gasteiger partial charge in [0.2, 0.25) is 0 Å². The Morgan fingerprint density at radius 3 is 2.70 bits per heavy atom. The van der Waals surface area contributed by atoms with Gasteiger partial charge >= 0.3 is 5.97 Å². The van der Waals surface area contributed by atoms with Crippen LogP contribution in [0.25, 0.3) is 5.70 Å². The third-order valence-electron chi connectivity index (χ3n) is 3.46. The van der Waals surface area contributed by atoms with Crippen LogP contribution in [0.1, 0.15) is 23.4 Å². The molecule has 2 heterocycles. The number of hydrogen-bond acceptors (Lipinski definition) is 4. The molecule has 118 valence electrons. The Morgan fingerprint density at radius 2 is 2.04 bits per heavy atom. The number of thiophene rings is 1. The first-order valence-electron chi connectivity index (χ1n) is 7.28. The van der Waals surface area contributed by atoms with Crippen LogP contribution in [0, 0.1) is 0 Å². The molecule has 0 fully saturated rings. The number of rotatable bonds is 4. The molecule has 0 aliphatic carbocycles. The molecule has 0 amide bonds. The Hall–Kier alpha value is -2.18. The first kappa shape index (κ1) is 15.7. The molecular weight excluding hydrogens is 328 g/mol. The van der Waals surface area contributed by atoms with Crippen LogP contribution in [0.2, 0.25) is 0 Å². The summed E-state index contributed by atoms with van der Waals surface area (Å²) in [5.74, 6) is -0.341. The van der Waals surface area contributed by atoms with E-state index >= 15 is 0 Å². The maximum atomic E-state index is 12.6. The van der Waals surface area contributed by atoms with Gasteiger partial charge in [-0.3, -0.25) is 0 Å². The summed E-state index contributed by atoms with van der Waals surface area (Å²) in [4.78, 5) is 13.6. The van der Waals surface area contributed by atoms with Gasteiger partial charge in [0.05, 0.1) is 23.9 Å². The van der Waals surface area contributed by atoms with E-state index in [0.717, 1.165) is 10.4 Å². The van der Waals surface area contributed by atoms with Gasteiger partial charge in [0, 0.05) is 4.88 Å². The van der Waals surface area contributed by atoms with Gasteiger partial charge in [-0.25, -0.2) is 4.79 Å². The van der Waals surface area contributed by atoms with E-state index in [0.29, 0.717) is 23.0 Å². The quantitative estimate of drug-likeness (QED) is 0.659. The Balaban J connectivity index is 2.15. The zero-order valence-corrected chi connectivity index (χ0v) is 14.2. The molecule has 3 rings (SSSR count). The van der Waals surface area contributed by atoms with Gasteiger partial charge in [0.15, 0.2) is 5.11 Å². The fourth-order valence-corrected chi connectivity index (χ4v) is 3.50. The zero-order valence-electron chi connectivity index (χ0n) is 12.5. The average Bonchev–Trinajstić information content (AvgIpc) is 3.09. The van der Waals surface area contributed by atoms with Crippen molar-refractivity contribution in [1.82, 2.24) is 10.6 Å². The molecule has 0 spiro atoms. The number of benzene rings is 1. The van der Waals surface area contributed by atoms with E-state index < -0.39 is 0 Å². The molecule has 0 radical (unpaired) electrons. The molecule has 2 aromatic rings. The van der Waals surface area contributed by atoms with Crippen molar-refractivity contribution in [3.63, 3.8) is 0 Å². The van der Waals surface area contributed by atoms with Gasteiger partial charge < -0.3 is 15.4 Å². The topological polar surface area (TPSA) is 50.4 Å². The monoisotopic (exact) mass is 344 g/mol. The van der Waals surface area contributed by atoms with E-state index in [-0.39, 0.29) is 12.0 Å². The lowest BCUT2D eigenvalue weighted by molar-refractivity contribution is -0.138. The van der Waals surface area contributed by atoms with Crippen LogP contribution in [-0.2, 0) is 9.53 Å². The summed E-state index contributed by atoms with van der Waals surface area (Å²) in [6, 6.07) is 13.3. The molecule has 4 nitrogen and oxygen atoms in total. The standard InChI is InChI=1S/C17H16N2O2S2/c1-2-21-16(20)13-14(11-7-4-3-5-8-11)18-17(22)19-15(13)12-9-6-10-23-12/h3-10,15H,2H2,1H3,(H2,18,19,22). The second-order valence-electron chi connectivity index (χ2n) is 4.92. The summed E-state index contributed by atoms with van der Waals surface area (Å²) in [6.07, 6.45) is 0. The Morgan fingerprint density at radius 1 is 1.26 bits per heavy atom. The van der Waals surface area contributed by atoms with Crippen LogP contribution in [0.3, 0.4) is 0 Å². The second-order valence-corrected chi connectivity index (χ2v) is 6.31. The predicted molar refractivity (Wildman–Crippen MR) is 95.9 cm³/mol. The van der Waals surface area contributed by atoms with E-state index in [1.165, 1.54) is 0 Å². The fraction of sp³-hybridized carbons (Fsp3) is 0.176. The first-order valence-corrected chi connectivity index (χ1v) is 8.57. The molecule has 23 heavy (non-hydrogen) atoms. The molecule has 1 unspecified atom stereocenters. The molecule has 0 bridgehead atoms. The number of nitrogens with one attached hydrogen (secondary N) is 2. The maximum Gasteiger partial charge on any atom is 0.338 e. The molecule has 1 aliphatic heterocycles. The number of hydrogen-bond donors (Lipinski definition) is 2. The molecule has 0 saturated heterocycles. The molecule has 1 atom stereocenters. The van der Waals surface area contributed by atoms with Gasteiger partial charge in [-0.05, 0) is 36.2 Å². The molecule has 1 aromatic carbocycles. The molecule has 2 N–H and O–H groups in total. The van der Waals surface area contributed by atoms with Crippen molar-refractivity contribution in [3.8, 4) is 0 Å². The number of carbonyl (C=O) groups is 1. The number of esters is 1. The van der Waals surface area contributed by atoms with Gasteiger partial charge in [0.25, 0.3) is 0 Å². The second kappa shape index (κ2) is 6.93. The van der Waals surface area contributed by atoms with Crippen LogP contribution in [0.5, 0.6) is 0 Å². The van der Waals surface area contributed by atoms with Crippen molar-refractivity contribution in [2.75, 3.05) is 6.61 Å². The van der Waals surface area contributed by atoms with Gasteiger partial charge in [-0.1, -0.05) is 36.4 Å². The Labute approximate surface area is 144 Å². The Kier molecular flexibility index (Phi) is 4.73. The van der Waals surface area contributed by atoms with Crippen LogP contribution in [0.4, 0.5) is 0 Å². The third kappa shape index (κ3) is 3.28. The highest BCUT2D eigenvalue weighted by Crippen LogP contribution is 2.33. The summed E-state index contributed by atoms with van der Waals surface area (Å²) >= 11 is 6.91. The zero-order chi connectivity index (χ0) is 16.2. The van der Waals surface area contributed by atoms with Crippen LogP contribution < -0.4 is 10.6 Å². The van der Waals surface area contributed by atoms with Gasteiger partial charge in [0.1, 0.15) is 0 Å². The number of ether oxygens (including phenoxy) is 1. The normalized spacial score (nSPS) is 17.4. The minimum Gasteiger partial charge on any atom is -0.463 e. The minimum absolute atomic E-state index is 0.307. The smallest absolute Gasteiger partial charge is 0.338 e. The molecule has 0 saturated carbocycles. The predicted octanol–water partition coefficient (Wildman–Crippen LogP) is 3.24. The Bertz CT molecular complexity index is 739. The summed E-state index contributed by atoms with van der Waals surface area (Å²) in [5, 5.41) is 8.77. The van der Waals surface area contributed by atoms with Crippen molar-refractivity contribution in [2.24, 2.45) is 0 Å². The van der Waals surface area contributed by atoms with Crippen molar-refractivity contribution in [2.45, 2.75) is 13.0 Å². The van der Waals surface area contributed by atoms with Crippen molar-refractivity contribution >= 4 is 40.3 Å². The highest BCUT2D eigenvalue weighted by Gasteiger charge is 2.33. The lowest BCUT2D eigenvalue weighted by Gasteiger charge is -2.30. The van der Waals surface area contributed by atoms with Gasteiger partial charge in [-0.15, -0.1) is 11.3 Å². The summed E-state index contributed by atoms with van der Waals surface area (Å²) in [6.45, 7) is 2.13. The summed E-state index contributed by atoms with van der Waals surface area (Å²) in [7, 11) is 0. The lowest BCUT2D eigenvalue weighted by atomic mass is 9.97. The van der Waals surface area contributed by atoms with Crippen molar-refractivity contribution in [1.29, 1.82) is 0 Å². The highest BCUT2D eigenvalue weighted by atomic mass is 32.1. The molecule has 6 heteroatoms. The largest absolute Gasteiger partial charge is 0.463 e. The summed E-state index contributed by atoms with van der Waals surface area (Å²) in [5.41, 5.74) is 2.15. The highest BCUT2D eigenvalue weighted by molar-refractivity contribution is 7.80. The average molecular weight is 344 g/mol. The molecule has 1 aliphatic rings.